The molecule has 3 aromatic carbocycles. The van der Waals surface area contributed by atoms with Gasteiger partial charge in [-0.15, -0.1) is 0 Å². The Hall–Kier alpha value is -3.74. The van der Waals surface area contributed by atoms with Crippen molar-refractivity contribution in [1.29, 1.82) is 0 Å². The average molecular weight is 463 g/mol. The third-order valence-electron chi connectivity index (χ3n) is 6.22. The molecule has 4 rings (SSSR count). The van der Waals surface area contributed by atoms with Crippen LogP contribution < -0.4 is 4.90 Å². The van der Waals surface area contributed by atoms with E-state index >= 15 is 0 Å². The monoisotopic (exact) mass is 462 g/mol. The molecule has 34 heavy (non-hydrogen) atoms. The molecule has 6 nitrogen and oxygen atoms in total. The van der Waals surface area contributed by atoms with Gasteiger partial charge in [-0.3, -0.25) is 14.4 Å². The van der Waals surface area contributed by atoms with Gasteiger partial charge in [0.2, 0.25) is 0 Å². The van der Waals surface area contributed by atoms with Crippen LogP contribution in [0.2, 0.25) is 0 Å². The summed E-state index contributed by atoms with van der Waals surface area (Å²) in [6.45, 7) is 2.82. The third-order valence-corrected chi connectivity index (χ3v) is 6.22. The highest BCUT2D eigenvalue weighted by molar-refractivity contribution is 6.04. The van der Waals surface area contributed by atoms with Gasteiger partial charge in [0, 0.05) is 30.6 Å². The number of anilines is 1. The van der Waals surface area contributed by atoms with Gasteiger partial charge in [-0.1, -0.05) is 36.4 Å². The number of carbonyl (C=O) groups excluding carboxylic acids is 3. The SMILES string of the molecule is CCN(C(=O)COC(=O)C1CCN(C(=O)c2ccc(F)cc2)CC1)c1cccc2ccccc12. The Kier molecular flexibility index (Phi) is 7.21. The van der Waals surface area contributed by atoms with Crippen LogP contribution in [0.3, 0.4) is 0 Å². The summed E-state index contributed by atoms with van der Waals surface area (Å²) in [6, 6.07) is 19.0. The second kappa shape index (κ2) is 10.5. The van der Waals surface area contributed by atoms with Crippen LogP contribution in [0.15, 0.2) is 66.7 Å². The Morgan fingerprint density at radius 1 is 0.971 bits per heavy atom. The highest BCUT2D eigenvalue weighted by atomic mass is 19.1. The number of nitrogens with zero attached hydrogens (tertiary/aromatic N) is 2. The molecule has 1 saturated heterocycles. The summed E-state index contributed by atoms with van der Waals surface area (Å²) in [6.07, 6.45) is 0.918. The fourth-order valence-corrected chi connectivity index (χ4v) is 4.35. The van der Waals surface area contributed by atoms with E-state index in [1.165, 1.54) is 24.3 Å². The van der Waals surface area contributed by atoms with Gasteiger partial charge in [0.1, 0.15) is 5.82 Å². The van der Waals surface area contributed by atoms with Crippen LogP contribution in [-0.2, 0) is 14.3 Å². The van der Waals surface area contributed by atoms with E-state index in [1.54, 1.807) is 9.80 Å². The Balaban J connectivity index is 1.31. The quantitative estimate of drug-likeness (QED) is 0.509. The Morgan fingerprint density at radius 2 is 1.65 bits per heavy atom. The van der Waals surface area contributed by atoms with E-state index < -0.39 is 11.8 Å². The second-order valence-corrected chi connectivity index (χ2v) is 8.32. The summed E-state index contributed by atoms with van der Waals surface area (Å²) in [4.78, 5) is 41.4. The predicted octanol–water partition coefficient (Wildman–Crippen LogP) is 4.43. The van der Waals surface area contributed by atoms with Crippen molar-refractivity contribution in [2.75, 3.05) is 31.1 Å². The summed E-state index contributed by atoms with van der Waals surface area (Å²) >= 11 is 0. The molecule has 0 radical (unpaired) electrons. The summed E-state index contributed by atoms with van der Waals surface area (Å²) < 4.78 is 18.5. The van der Waals surface area contributed by atoms with Gasteiger partial charge in [0.25, 0.3) is 11.8 Å². The smallest absolute Gasteiger partial charge is 0.309 e. The summed E-state index contributed by atoms with van der Waals surface area (Å²) in [5.74, 6) is -1.64. The highest BCUT2D eigenvalue weighted by Crippen LogP contribution is 2.27. The molecule has 1 heterocycles. The molecule has 3 aromatic rings. The van der Waals surface area contributed by atoms with Crippen molar-refractivity contribution < 1.29 is 23.5 Å². The maximum Gasteiger partial charge on any atom is 0.309 e. The van der Waals surface area contributed by atoms with Crippen molar-refractivity contribution in [3.05, 3.63) is 78.1 Å². The first-order valence-electron chi connectivity index (χ1n) is 11.5. The van der Waals surface area contributed by atoms with Gasteiger partial charge in [0.05, 0.1) is 11.6 Å². The predicted molar refractivity (Wildman–Crippen MR) is 128 cm³/mol. The number of hydrogen-bond acceptors (Lipinski definition) is 4. The molecular formula is C27H27FN2O4. The van der Waals surface area contributed by atoms with E-state index in [0.717, 1.165) is 16.5 Å². The zero-order valence-electron chi connectivity index (χ0n) is 19.1. The number of halogens is 1. The van der Waals surface area contributed by atoms with Crippen LogP contribution in [0.1, 0.15) is 30.1 Å². The molecule has 0 aliphatic carbocycles. The number of carbonyl (C=O) groups is 3. The van der Waals surface area contributed by atoms with Gasteiger partial charge in [-0.05, 0) is 55.5 Å². The fourth-order valence-electron chi connectivity index (χ4n) is 4.35. The van der Waals surface area contributed by atoms with Crippen LogP contribution in [0.4, 0.5) is 10.1 Å². The van der Waals surface area contributed by atoms with Crippen molar-refractivity contribution in [2.45, 2.75) is 19.8 Å². The van der Waals surface area contributed by atoms with Gasteiger partial charge in [-0.25, -0.2) is 4.39 Å². The third kappa shape index (κ3) is 5.09. The fraction of sp³-hybridized carbons (Fsp3) is 0.296. The van der Waals surface area contributed by atoms with Crippen molar-refractivity contribution in [3.8, 4) is 0 Å². The van der Waals surface area contributed by atoms with Gasteiger partial charge in [0.15, 0.2) is 6.61 Å². The van der Waals surface area contributed by atoms with Crippen LogP contribution in [0.25, 0.3) is 10.8 Å². The molecule has 0 saturated carbocycles. The molecule has 7 heteroatoms. The van der Waals surface area contributed by atoms with Crippen LogP contribution in [0, 0.1) is 11.7 Å². The minimum atomic E-state index is -0.420. The van der Waals surface area contributed by atoms with Crippen molar-refractivity contribution >= 4 is 34.2 Å². The van der Waals surface area contributed by atoms with Crippen molar-refractivity contribution in [3.63, 3.8) is 0 Å². The van der Waals surface area contributed by atoms with Crippen LogP contribution >= 0.6 is 0 Å². The summed E-state index contributed by atoms with van der Waals surface area (Å²) in [5.41, 5.74) is 1.20. The highest BCUT2D eigenvalue weighted by Gasteiger charge is 2.29. The van der Waals surface area contributed by atoms with E-state index in [2.05, 4.69) is 0 Å². The molecule has 1 aliphatic heterocycles. The Bertz CT molecular complexity index is 1180. The summed E-state index contributed by atoms with van der Waals surface area (Å²) in [5, 5.41) is 2.00. The first kappa shape index (κ1) is 23.4. The number of fused-ring (bicyclic) bond motifs is 1. The first-order valence-corrected chi connectivity index (χ1v) is 11.5. The second-order valence-electron chi connectivity index (χ2n) is 8.32. The van der Waals surface area contributed by atoms with Crippen molar-refractivity contribution in [2.24, 2.45) is 5.92 Å². The van der Waals surface area contributed by atoms with E-state index in [1.807, 2.05) is 49.4 Å². The molecule has 0 spiro atoms. The molecule has 0 aromatic heterocycles. The van der Waals surface area contributed by atoms with Crippen LogP contribution in [0.5, 0.6) is 0 Å². The molecular weight excluding hydrogens is 435 g/mol. The first-order chi connectivity index (χ1) is 16.5. The number of piperidine rings is 1. The number of esters is 1. The molecule has 176 valence electrons. The zero-order valence-corrected chi connectivity index (χ0v) is 19.1. The largest absolute Gasteiger partial charge is 0.455 e. The molecule has 0 N–H and O–H groups in total. The zero-order chi connectivity index (χ0) is 24.1. The number of hydrogen-bond donors (Lipinski definition) is 0. The number of amides is 2. The topological polar surface area (TPSA) is 66.9 Å². The number of likely N-dealkylation sites (N-methyl/N-ethyl adjacent to an activating group) is 1. The average Bonchev–Trinajstić information content (AvgIpc) is 2.88. The molecule has 0 atom stereocenters. The molecule has 2 amide bonds. The molecule has 0 bridgehead atoms. The lowest BCUT2D eigenvalue weighted by molar-refractivity contribution is -0.153. The van der Waals surface area contributed by atoms with E-state index in [0.29, 0.717) is 38.0 Å². The van der Waals surface area contributed by atoms with E-state index in [4.69, 9.17) is 4.74 Å². The molecule has 1 aliphatic rings. The van der Waals surface area contributed by atoms with E-state index in [-0.39, 0.29) is 24.3 Å². The standard InChI is InChI=1S/C27H27FN2O4/c1-2-30(24-9-5-7-19-6-3-4-8-23(19)24)25(31)18-34-27(33)21-14-16-29(17-15-21)26(32)20-10-12-22(28)13-11-20/h3-13,21H,2,14-18H2,1H3. The lowest BCUT2D eigenvalue weighted by atomic mass is 9.96. The molecule has 0 unspecified atom stereocenters. The Labute approximate surface area is 197 Å². The number of benzene rings is 3. The van der Waals surface area contributed by atoms with Gasteiger partial charge >= 0.3 is 5.97 Å². The normalized spacial score (nSPS) is 14.1. The van der Waals surface area contributed by atoms with Gasteiger partial charge in [-0.2, -0.15) is 0 Å². The van der Waals surface area contributed by atoms with Crippen LogP contribution in [-0.4, -0.2) is 48.9 Å². The Morgan fingerprint density at radius 3 is 2.35 bits per heavy atom. The van der Waals surface area contributed by atoms with E-state index in [9.17, 15) is 18.8 Å². The number of rotatable bonds is 6. The van der Waals surface area contributed by atoms with Crippen molar-refractivity contribution in [1.82, 2.24) is 4.90 Å². The lowest BCUT2D eigenvalue weighted by Gasteiger charge is -2.31. The maximum absolute atomic E-state index is 13.1. The number of ether oxygens (including phenoxy) is 1. The summed E-state index contributed by atoms with van der Waals surface area (Å²) in [7, 11) is 0. The maximum atomic E-state index is 13.1. The number of likely N-dealkylation sites (tertiary alicyclic amines) is 1. The minimum absolute atomic E-state index is 0.185. The lowest BCUT2D eigenvalue weighted by Crippen LogP contribution is -2.41. The van der Waals surface area contributed by atoms with Gasteiger partial charge < -0.3 is 14.5 Å². The minimum Gasteiger partial charge on any atom is -0.455 e. The molecule has 1 fully saturated rings.